The van der Waals surface area contributed by atoms with Crippen LogP contribution in [0, 0.1) is 0 Å². The van der Waals surface area contributed by atoms with Crippen LogP contribution >= 0.6 is 11.3 Å². The summed E-state index contributed by atoms with van der Waals surface area (Å²) < 4.78 is 0. The summed E-state index contributed by atoms with van der Waals surface area (Å²) >= 11 is 1.68. The number of thiophene rings is 1. The summed E-state index contributed by atoms with van der Waals surface area (Å²) in [4.78, 5) is 15.2. The summed E-state index contributed by atoms with van der Waals surface area (Å²) in [5.74, 6) is 0. The van der Waals surface area contributed by atoms with E-state index >= 15 is 0 Å². The highest BCUT2D eigenvalue weighted by atomic mass is 32.1. The van der Waals surface area contributed by atoms with E-state index in [9.17, 15) is 9.90 Å². The van der Waals surface area contributed by atoms with Gasteiger partial charge in [-0.15, -0.1) is 11.3 Å². The van der Waals surface area contributed by atoms with Crippen LogP contribution in [0.1, 0.15) is 29.0 Å². The van der Waals surface area contributed by atoms with Gasteiger partial charge in [0.15, 0.2) is 0 Å². The Balaban J connectivity index is 1.71. The standard InChI is InChI=1S/C18H25N3O2S/c1-21(2)15(17-9-6-12-24-17)13-20-18(23)19-11-10-16(22)14-7-4-3-5-8-14/h3-9,12,15-16,22H,10-11,13H2,1-2H3,(H2,19,20,23). The van der Waals surface area contributed by atoms with Gasteiger partial charge in [-0.25, -0.2) is 4.79 Å². The number of nitrogens with zero attached hydrogens (tertiary/aromatic N) is 1. The van der Waals surface area contributed by atoms with Crippen LogP contribution in [0.15, 0.2) is 47.8 Å². The topological polar surface area (TPSA) is 64.6 Å². The fourth-order valence-corrected chi connectivity index (χ4v) is 3.36. The molecular weight excluding hydrogens is 322 g/mol. The quantitative estimate of drug-likeness (QED) is 0.688. The molecule has 130 valence electrons. The number of hydrogen-bond donors (Lipinski definition) is 3. The van der Waals surface area contributed by atoms with E-state index in [0.717, 1.165) is 5.56 Å². The summed E-state index contributed by atoms with van der Waals surface area (Å²) in [6.07, 6.45) is -0.0772. The van der Waals surface area contributed by atoms with E-state index in [0.29, 0.717) is 19.5 Å². The molecule has 0 fully saturated rings. The molecule has 0 bridgehead atoms. The van der Waals surface area contributed by atoms with Gasteiger partial charge in [0.2, 0.25) is 0 Å². The Bertz CT molecular complexity index is 602. The number of rotatable bonds is 8. The van der Waals surface area contributed by atoms with Gasteiger partial charge in [-0.1, -0.05) is 36.4 Å². The van der Waals surface area contributed by atoms with E-state index in [2.05, 4.69) is 21.6 Å². The van der Waals surface area contributed by atoms with Gasteiger partial charge >= 0.3 is 6.03 Å². The Morgan fingerprint density at radius 2 is 1.92 bits per heavy atom. The normalized spacial score (nSPS) is 13.5. The molecule has 0 aliphatic heterocycles. The molecule has 0 aliphatic rings. The second kappa shape index (κ2) is 9.42. The first-order valence-electron chi connectivity index (χ1n) is 8.02. The fraction of sp³-hybridized carbons (Fsp3) is 0.389. The molecule has 2 aromatic rings. The number of likely N-dealkylation sites (N-methyl/N-ethyl adjacent to an activating group) is 1. The summed E-state index contributed by atoms with van der Waals surface area (Å²) in [7, 11) is 4.00. The van der Waals surface area contributed by atoms with Crippen LogP contribution in [0.25, 0.3) is 0 Å². The largest absolute Gasteiger partial charge is 0.388 e. The van der Waals surface area contributed by atoms with Gasteiger partial charge in [0.25, 0.3) is 0 Å². The molecule has 1 aromatic heterocycles. The lowest BCUT2D eigenvalue weighted by molar-refractivity contribution is 0.166. The van der Waals surface area contributed by atoms with E-state index in [-0.39, 0.29) is 12.1 Å². The number of urea groups is 1. The zero-order valence-electron chi connectivity index (χ0n) is 14.1. The molecule has 6 heteroatoms. The maximum Gasteiger partial charge on any atom is 0.314 e. The third-order valence-corrected chi connectivity index (χ3v) is 4.81. The van der Waals surface area contributed by atoms with Crippen LogP contribution in [0.2, 0.25) is 0 Å². The first kappa shape index (κ1) is 18.4. The molecule has 3 N–H and O–H groups in total. The number of benzene rings is 1. The van der Waals surface area contributed by atoms with Crippen molar-refractivity contribution in [1.82, 2.24) is 15.5 Å². The Kier molecular flexibility index (Phi) is 7.24. The molecule has 0 aliphatic carbocycles. The van der Waals surface area contributed by atoms with Crippen molar-refractivity contribution in [3.8, 4) is 0 Å². The van der Waals surface area contributed by atoms with Crippen LogP contribution in [0.5, 0.6) is 0 Å². The van der Waals surface area contributed by atoms with Crippen molar-refractivity contribution < 1.29 is 9.90 Å². The number of hydrogen-bond acceptors (Lipinski definition) is 4. The third-order valence-electron chi connectivity index (χ3n) is 3.84. The fourth-order valence-electron chi connectivity index (χ4n) is 2.43. The second-order valence-electron chi connectivity index (χ2n) is 5.85. The van der Waals surface area contributed by atoms with Crippen LogP contribution in [0.3, 0.4) is 0 Å². The minimum atomic E-state index is -0.563. The molecule has 24 heavy (non-hydrogen) atoms. The molecule has 1 aromatic carbocycles. The van der Waals surface area contributed by atoms with Gasteiger partial charge in [-0.2, -0.15) is 0 Å². The van der Waals surface area contributed by atoms with Gasteiger partial charge in [0.1, 0.15) is 0 Å². The van der Waals surface area contributed by atoms with E-state index in [1.807, 2.05) is 55.9 Å². The smallest absolute Gasteiger partial charge is 0.314 e. The SMILES string of the molecule is CN(C)C(CNC(=O)NCCC(O)c1ccccc1)c1cccs1. The minimum absolute atomic E-state index is 0.158. The molecule has 0 saturated carbocycles. The molecule has 2 unspecified atom stereocenters. The van der Waals surface area contributed by atoms with Crippen molar-refractivity contribution in [1.29, 1.82) is 0 Å². The Hall–Kier alpha value is -1.89. The van der Waals surface area contributed by atoms with Crippen molar-refractivity contribution in [2.24, 2.45) is 0 Å². The number of nitrogens with one attached hydrogen (secondary N) is 2. The summed E-state index contributed by atoms with van der Waals surface area (Å²) in [6, 6.07) is 13.5. The number of aliphatic hydroxyl groups is 1. The van der Waals surface area contributed by atoms with Crippen molar-refractivity contribution in [3.05, 3.63) is 58.3 Å². The average Bonchev–Trinajstić information content (AvgIpc) is 3.09. The van der Waals surface area contributed by atoms with Crippen LogP contribution in [0.4, 0.5) is 4.79 Å². The third kappa shape index (κ3) is 5.63. The van der Waals surface area contributed by atoms with Crippen molar-refractivity contribution in [3.63, 3.8) is 0 Å². The van der Waals surface area contributed by atoms with Crippen molar-refractivity contribution in [2.75, 3.05) is 27.2 Å². The predicted molar refractivity (Wildman–Crippen MR) is 98.2 cm³/mol. The van der Waals surface area contributed by atoms with Crippen LogP contribution in [-0.4, -0.2) is 43.2 Å². The highest BCUT2D eigenvalue weighted by Gasteiger charge is 2.16. The van der Waals surface area contributed by atoms with Crippen LogP contribution in [-0.2, 0) is 0 Å². The Labute approximate surface area is 147 Å². The maximum atomic E-state index is 11.9. The zero-order chi connectivity index (χ0) is 17.4. The monoisotopic (exact) mass is 347 g/mol. The van der Waals surface area contributed by atoms with Gasteiger partial charge in [-0.05, 0) is 37.5 Å². The summed E-state index contributed by atoms with van der Waals surface area (Å²) in [5, 5.41) is 17.8. The van der Waals surface area contributed by atoms with E-state index < -0.39 is 6.10 Å². The first-order chi connectivity index (χ1) is 11.6. The maximum absolute atomic E-state index is 11.9. The lowest BCUT2D eigenvalue weighted by Gasteiger charge is -2.23. The molecule has 1 heterocycles. The minimum Gasteiger partial charge on any atom is -0.388 e. The Morgan fingerprint density at radius 1 is 1.17 bits per heavy atom. The highest BCUT2D eigenvalue weighted by Crippen LogP contribution is 2.22. The van der Waals surface area contributed by atoms with Crippen molar-refractivity contribution >= 4 is 17.4 Å². The second-order valence-corrected chi connectivity index (χ2v) is 6.83. The number of carbonyl (C=O) groups excluding carboxylic acids is 1. The van der Waals surface area contributed by atoms with Crippen molar-refractivity contribution in [2.45, 2.75) is 18.6 Å². The van der Waals surface area contributed by atoms with Gasteiger partial charge in [0, 0.05) is 18.0 Å². The first-order valence-corrected chi connectivity index (χ1v) is 8.90. The average molecular weight is 347 g/mol. The molecule has 0 spiro atoms. The molecule has 2 atom stereocenters. The zero-order valence-corrected chi connectivity index (χ0v) is 14.9. The predicted octanol–water partition coefficient (Wildman–Crippen LogP) is 2.77. The molecule has 2 amide bonds. The summed E-state index contributed by atoms with van der Waals surface area (Å²) in [5.41, 5.74) is 0.866. The lowest BCUT2D eigenvalue weighted by Crippen LogP contribution is -2.40. The van der Waals surface area contributed by atoms with E-state index in [1.54, 1.807) is 11.3 Å². The van der Waals surface area contributed by atoms with Gasteiger partial charge < -0.3 is 20.6 Å². The van der Waals surface area contributed by atoms with Crippen LogP contribution < -0.4 is 10.6 Å². The molecule has 2 rings (SSSR count). The van der Waals surface area contributed by atoms with Gasteiger partial charge in [0.05, 0.1) is 12.1 Å². The molecule has 5 nitrogen and oxygen atoms in total. The van der Waals surface area contributed by atoms with E-state index in [4.69, 9.17) is 0 Å². The highest BCUT2D eigenvalue weighted by molar-refractivity contribution is 7.10. The molecular formula is C18H25N3O2S. The number of amides is 2. The molecule has 0 saturated heterocycles. The number of aliphatic hydroxyl groups excluding tert-OH is 1. The van der Waals surface area contributed by atoms with E-state index in [1.165, 1.54) is 4.88 Å². The molecule has 0 radical (unpaired) electrons. The lowest BCUT2D eigenvalue weighted by atomic mass is 10.1. The Morgan fingerprint density at radius 3 is 2.54 bits per heavy atom. The summed E-state index contributed by atoms with van der Waals surface area (Å²) in [6.45, 7) is 0.966. The van der Waals surface area contributed by atoms with Gasteiger partial charge in [-0.3, -0.25) is 0 Å². The number of carbonyl (C=O) groups is 1.